The molecule has 0 saturated carbocycles. The van der Waals surface area contributed by atoms with Crippen molar-refractivity contribution in [3.8, 4) is 11.1 Å². The number of hydrogen-bond donors (Lipinski definition) is 1. The van der Waals surface area contributed by atoms with Gasteiger partial charge in [-0.25, -0.2) is 4.98 Å². The van der Waals surface area contributed by atoms with Crippen molar-refractivity contribution in [2.75, 3.05) is 0 Å². The highest BCUT2D eigenvalue weighted by atomic mass is 15.3. The van der Waals surface area contributed by atoms with Crippen molar-refractivity contribution in [1.82, 2.24) is 29.5 Å². The highest BCUT2D eigenvalue weighted by molar-refractivity contribution is 5.92. The van der Waals surface area contributed by atoms with Gasteiger partial charge in [-0.15, -0.1) is 0 Å². The minimum atomic E-state index is 0.407. The summed E-state index contributed by atoms with van der Waals surface area (Å²) in [5.74, 6) is 0. The first kappa shape index (κ1) is 14.7. The van der Waals surface area contributed by atoms with Gasteiger partial charge in [0.1, 0.15) is 5.65 Å². The lowest BCUT2D eigenvalue weighted by Gasteiger charge is -2.15. The molecular formula is C18H20N6. The molecule has 4 rings (SSSR count). The van der Waals surface area contributed by atoms with Gasteiger partial charge >= 0.3 is 0 Å². The highest BCUT2D eigenvalue weighted by Crippen LogP contribution is 2.26. The third kappa shape index (κ3) is 2.71. The molecule has 122 valence electrons. The van der Waals surface area contributed by atoms with Gasteiger partial charge in [0.2, 0.25) is 0 Å². The number of aromatic amines is 1. The second-order valence-electron chi connectivity index (χ2n) is 5.93. The van der Waals surface area contributed by atoms with Gasteiger partial charge in [-0.05, 0) is 36.6 Å². The van der Waals surface area contributed by atoms with E-state index in [2.05, 4.69) is 39.4 Å². The largest absolute Gasteiger partial charge is 0.346 e. The predicted molar refractivity (Wildman–Crippen MR) is 93.5 cm³/mol. The molecule has 24 heavy (non-hydrogen) atoms. The molecule has 0 amide bonds. The summed E-state index contributed by atoms with van der Waals surface area (Å²) in [5.41, 5.74) is 3.19. The van der Waals surface area contributed by atoms with E-state index in [4.69, 9.17) is 0 Å². The topological polar surface area (TPSA) is 64.3 Å². The molecule has 0 aliphatic rings. The second kappa shape index (κ2) is 6.31. The monoisotopic (exact) mass is 320 g/mol. The van der Waals surface area contributed by atoms with Gasteiger partial charge in [-0.3, -0.25) is 9.36 Å². The van der Waals surface area contributed by atoms with Crippen molar-refractivity contribution in [2.45, 2.75) is 32.4 Å². The lowest BCUT2D eigenvalue weighted by atomic mass is 10.1. The zero-order chi connectivity index (χ0) is 16.4. The molecule has 4 heterocycles. The average molecular weight is 320 g/mol. The Bertz CT molecular complexity index is 918. The summed E-state index contributed by atoms with van der Waals surface area (Å²) >= 11 is 0. The Kier molecular flexibility index (Phi) is 3.86. The Morgan fingerprint density at radius 3 is 3.00 bits per heavy atom. The van der Waals surface area contributed by atoms with Crippen molar-refractivity contribution in [1.29, 1.82) is 0 Å². The van der Waals surface area contributed by atoms with Gasteiger partial charge < -0.3 is 4.98 Å². The van der Waals surface area contributed by atoms with Crippen LogP contribution < -0.4 is 0 Å². The molecule has 0 aliphatic heterocycles. The smallest absolute Gasteiger partial charge is 0.137 e. The van der Waals surface area contributed by atoms with Gasteiger partial charge in [0.25, 0.3) is 0 Å². The summed E-state index contributed by atoms with van der Waals surface area (Å²) in [6, 6.07) is 6.47. The fourth-order valence-electron chi connectivity index (χ4n) is 3.14. The molecule has 0 spiro atoms. The fraction of sp³-hybridized carbons (Fsp3) is 0.278. The zero-order valence-corrected chi connectivity index (χ0v) is 13.6. The maximum absolute atomic E-state index is 4.53. The SMILES string of the molecule is CCC(CCn1cc(-c2ccnc3[nH]ccc23)cn1)n1cccn1. The number of pyridine rings is 1. The zero-order valence-electron chi connectivity index (χ0n) is 13.6. The van der Waals surface area contributed by atoms with Gasteiger partial charge in [-0.2, -0.15) is 10.2 Å². The van der Waals surface area contributed by atoms with Crippen LogP contribution in [0.25, 0.3) is 22.2 Å². The van der Waals surface area contributed by atoms with E-state index in [0.717, 1.165) is 41.5 Å². The summed E-state index contributed by atoms with van der Waals surface area (Å²) in [6.45, 7) is 3.07. The van der Waals surface area contributed by atoms with E-state index in [1.54, 1.807) is 0 Å². The Balaban J connectivity index is 1.52. The van der Waals surface area contributed by atoms with E-state index in [1.807, 2.05) is 52.5 Å². The standard InChI is InChI=1S/C18H20N6/c1-2-15(24-10-3-7-21-24)6-11-23-13-14(12-22-23)16-4-8-19-18-17(16)5-9-20-18/h3-5,7-10,12-13,15H,2,6,11H2,1H3,(H,19,20). The van der Waals surface area contributed by atoms with E-state index < -0.39 is 0 Å². The van der Waals surface area contributed by atoms with Crippen LogP contribution in [-0.4, -0.2) is 29.5 Å². The van der Waals surface area contributed by atoms with Crippen molar-refractivity contribution >= 4 is 11.0 Å². The van der Waals surface area contributed by atoms with E-state index in [0.29, 0.717) is 6.04 Å². The molecule has 0 fully saturated rings. The van der Waals surface area contributed by atoms with Gasteiger partial charge in [0.15, 0.2) is 0 Å². The summed E-state index contributed by atoms with van der Waals surface area (Å²) in [4.78, 5) is 7.49. The molecule has 0 bridgehead atoms. The van der Waals surface area contributed by atoms with Crippen molar-refractivity contribution in [3.63, 3.8) is 0 Å². The van der Waals surface area contributed by atoms with Crippen LogP contribution in [0.3, 0.4) is 0 Å². The minimum absolute atomic E-state index is 0.407. The third-order valence-electron chi connectivity index (χ3n) is 4.47. The van der Waals surface area contributed by atoms with Crippen molar-refractivity contribution in [3.05, 3.63) is 55.4 Å². The quantitative estimate of drug-likeness (QED) is 0.589. The molecule has 1 atom stereocenters. The molecular weight excluding hydrogens is 300 g/mol. The lowest BCUT2D eigenvalue weighted by molar-refractivity contribution is 0.379. The Morgan fingerprint density at radius 1 is 1.21 bits per heavy atom. The van der Waals surface area contributed by atoms with E-state index in [1.165, 1.54) is 0 Å². The van der Waals surface area contributed by atoms with Crippen LogP contribution in [0.4, 0.5) is 0 Å². The molecule has 6 heteroatoms. The summed E-state index contributed by atoms with van der Waals surface area (Å²) < 4.78 is 4.05. The van der Waals surface area contributed by atoms with Crippen LogP contribution in [0.1, 0.15) is 25.8 Å². The van der Waals surface area contributed by atoms with E-state index >= 15 is 0 Å². The second-order valence-corrected chi connectivity index (χ2v) is 5.93. The summed E-state index contributed by atoms with van der Waals surface area (Å²) in [5, 5.41) is 10.0. The first-order chi connectivity index (χ1) is 11.8. The molecule has 1 N–H and O–H groups in total. The van der Waals surface area contributed by atoms with Crippen LogP contribution in [0.2, 0.25) is 0 Å². The molecule has 6 nitrogen and oxygen atoms in total. The number of aryl methyl sites for hydroxylation is 1. The van der Waals surface area contributed by atoms with Gasteiger partial charge in [0.05, 0.1) is 12.2 Å². The molecule has 1 unspecified atom stereocenters. The molecule has 0 aliphatic carbocycles. The van der Waals surface area contributed by atoms with Crippen LogP contribution in [0.15, 0.2) is 55.4 Å². The number of aromatic nitrogens is 6. The lowest BCUT2D eigenvalue weighted by Crippen LogP contribution is -2.12. The fourth-order valence-corrected chi connectivity index (χ4v) is 3.14. The highest BCUT2D eigenvalue weighted by Gasteiger charge is 2.11. The summed E-state index contributed by atoms with van der Waals surface area (Å²) in [6.07, 6.45) is 13.7. The number of rotatable bonds is 6. The first-order valence-corrected chi connectivity index (χ1v) is 8.29. The first-order valence-electron chi connectivity index (χ1n) is 8.29. The molecule has 4 aromatic rings. The molecule has 0 saturated heterocycles. The predicted octanol–water partition coefficient (Wildman–Crippen LogP) is 3.66. The van der Waals surface area contributed by atoms with Gasteiger partial charge in [-0.1, -0.05) is 6.92 Å². The molecule has 0 radical (unpaired) electrons. The number of H-pyrrole nitrogens is 1. The van der Waals surface area contributed by atoms with Crippen LogP contribution in [-0.2, 0) is 6.54 Å². The van der Waals surface area contributed by atoms with Crippen LogP contribution >= 0.6 is 0 Å². The Hall–Kier alpha value is -2.89. The maximum Gasteiger partial charge on any atom is 0.137 e. The number of hydrogen-bond acceptors (Lipinski definition) is 3. The normalized spacial score (nSPS) is 12.7. The minimum Gasteiger partial charge on any atom is -0.346 e. The summed E-state index contributed by atoms with van der Waals surface area (Å²) in [7, 11) is 0. The average Bonchev–Trinajstić information content (AvgIpc) is 3.36. The Labute approximate surface area is 140 Å². The maximum atomic E-state index is 4.53. The Morgan fingerprint density at radius 2 is 2.17 bits per heavy atom. The van der Waals surface area contributed by atoms with E-state index in [-0.39, 0.29) is 0 Å². The van der Waals surface area contributed by atoms with Crippen molar-refractivity contribution in [2.24, 2.45) is 0 Å². The van der Waals surface area contributed by atoms with E-state index in [9.17, 15) is 0 Å². The molecule has 4 aromatic heterocycles. The molecule has 0 aromatic carbocycles. The third-order valence-corrected chi connectivity index (χ3v) is 4.47. The van der Waals surface area contributed by atoms with Crippen LogP contribution in [0, 0.1) is 0 Å². The number of nitrogens with one attached hydrogen (secondary N) is 1. The van der Waals surface area contributed by atoms with Crippen molar-refractivity contribution < 1.29 is 0 Å². The van der Waals surface area contributed by atoms with Crippen LogP contribution in [0.5, 0.6) is 0 Å². The number of nitrogens with zero attached hydrogens (tertiary/aromatic N) is 5. The van der Waals surface area contributed by atoms with Gasteiger partial charge in [0, 0.05) is 48.5 Å². The number of fused-ring (bicyclic) bond motifs is 1.